The highest BCUT2D eigenvalue weighted by atomic mass is 16.2. The highest BCUT2D eigenvalue weighted by molar-refractivity contribution is 5.99. The molecule has 1 heterocycles. The lowest BCUT2D eigenvalue weighted by Crippen LogP contribution is -2.54. The molecule has 1 aliphatic heterocycles. The standard InChI is InChI=1S/C8H13N3O3/c1-5(8(9)14)4-11-6(12)2-10-3-7(11)13/h5,10H,2-4H2,1H3,(H2,9,14). The fourth-order valence-electron chi connectivity index (χ4n) is 1.17. The van der Waals surface area contributed by atoms with Crippen LogP contribution in [0.15, 0.2) is 0 Å². The maximum Gasteiger partial charge on any atom is 0.243 e. The van der Waals surface area contributed by atoms with Gasteiger partial charge in [0, 0.05) is 6.54 Å². The summed E-state index contributed by atoms with van der Waals surface area (Å²) in [5.41, 5.74) is 5.04. The molecule has 1 fully saturated rings. The number of carbonyl (C=O) groups is 3. The predicted molar refractivity (Wildman–Crippen MR) is 47.9 cm³/mol. The van der Waals surface area contributed by atoms with E-state index in [1.54, 1.807) is 6.92 Å². The summed E-state index contributed by atoms with van der Waals surface area (Å²) in [4.78, 5) is 34.3. The zero-order valence-corrected chi connectivity index (χ0v) is 7.95. The molecule has 1 unspecified atom stereocenters. The molecule has 1 rings (SSSR count). The van der Waals surface area contributed by atoms with Crippen LogP contribution in [0, 0.1) is 5.92 Å². The van der Waals surface area contributed by atoms with Crippen molar-refractivity contribution in [3.05, 3.63) is 0 Å². The first-order valence-electron chi connectivity index (χ1n) is 4.35. The Balaban J connectivity index is 2.61. The third kappa shape index (κ3) is 2.29. The van der Waals surface area contributed by atoms with E-state index in [2.05, 4.69) is 5.32 Å². The number of hydrogen-bond donors (Lipinski definition) is 2. The lowest BCUT2D eigenvalue weighted by molar-refractivity contribution is -0.147. The van der Waals surface area contributed by atoms with Crippen molar-refractivity contribution in [1.82, 2.24) is 10.2 Å². The quantitative estimate of drug-likeness (QED) is 0.517. The predicted octanol–water partition coefficient (Wildman–Crippen LogP) is -1.93. The minimum Gasteiger partial charge on any atom is -0.369 e. The second-order valence-corrected chi connectivity index (χ2v) is 3.31. The van der Waals surface area contributed by atoms with Crippen LogP contribution in [0.5, 0.6) is 0 Å². The minimum absolute atomic E-state index is 0.0781. The smallest absolute Gasteiger partial charge is 0.243 e. The van der Waals surface area contributed by atoms with Crippen molar-refractivity contribution in [2.75, 3.05) is 19.6 Å². The molecule has 0 radical (unpaired) electrons. The van der Waals surface area contributed by atoms with Gasteiger partial charge in [0.2, 0.25) is 17.7 Å². The fourth-order valence-corrected chi connectivity index (χ4v) is 1.17. The van der Waals surface area contributed by atoms with Crippen molar-refractivity contribution in [3.63, 3.8) is 0 Å². The number of nitrogens with two attached hydrogens (primary N) is 1. The van der Waals surface area contributed by atoms with Crippen molar-refractivity contribution in [1.29, 1.82) is 0 Å². The highest BCUT2D eigenvalue weighted by Crippen LogP contribution is 2.02. The molecule has 6 heteroatoms. The second-order valence-electron chi connectivity index (χ2n) is 3.31. The summed E-state index contributed by atoms with van der Waals surface area (Å²) in [5.74, 6) is -1.63. The van der Waals surface area contributed by atoms with Crippen LogP contribution in [0.25, 0.3) is 0 Å². The molecule has 0 aromatic heterocycles. The van der Waals surface area contributed by atoms with E-state index in [4.69, 9.17) is 5.73 Å². The van der Waals surface area contributed by atoms with E-state index >= 15 is 0 Å². The van der Waals surface area contributed by atoms with E-state index in [-0.39, 0.29) is 31.4 Å². The molecule has 1 saturated heterocycles. The molecule has 0 spiro atoms. The zero-order valence-electron chi connectivity index (χ0n) is 7.95. The molecule has 1 atom stereocenters. The molecule has 0 bridgehead atoms. The van der Waals surface area contributed by atoms with Crippen LogP contribution in [-0.4, -0.2) is 42.3 Å². The number of nitrogens with one attached hydrogen (secondary N) is 1. The Hall–Kier alpha value is -1.43. The molecule has 3 N–H and O–H groups in total. The molecular formula is C8H13N3O3. The van der Waals surface area contributed by atoms with Gasteiger partial charge in [-0.3, -0.25) is 24.6 Å². The Morgan fingerprint density at radius 1 is 1.50 bits per heavy atom. The number of rotatable bonds is 3. The first-order chi connectivity index (χ1) is 6.52. The van der Waals surface area contributed by atoms with Gasteiger partial charge in [0.05, 0.1) is 19.0 Å². The van der Waals surface area contributed by atoms with E-state index < -0.39 is 11.8 Å². The summed E-state index contributed by atoms with van der Waals surface area (Å²) in [5, 5.41) is 2.66. The molecule has 3 amide bonds. The summed E-state index contributed by atoms with van der Waals surface area (Å²) >= 11 is 0. The Bertz CT molecular complexity index is 261. The normalized spacial score (nSPS) is 19.6. The average Bonchev–Trinajstić information content (AvgIpc) is 2.11. The van der Waals surface area contributed by atoms with Gasteiger partial charge >= 0.3 is 0 Å². The van der Waals surface area contributed by atoms with E-state index in [9.17, 15) is 14.4 Å². The average molecular weight is 199 g/mol. The molecule has 14 heavy (non-hydrogen) atoms. The first kappa shape index (κ1) is 10.6. The Morgan fingerprint density at radius 2 is 2.00 bits per heavy atom. The number of hydrogen-bond acceptors (Lipinski definition) is 4. The van der Waals surface area contributed by atoms with E-state index in [0.29, 0.717) is 0 Å². The molecule has 78 valence electrons. The summed E-state index contributed by atoms with van der Waals surface area (Å²) in [6, 6.07) is 0. The van der Waals surface area contributed by atoms with Crippen molar-refractivity contribution in [2.24, 2.45) is 11.7 Å². The van der Waals surface area contributed by atoms with Crippen LogP contribution in [0.4, 0.5) is 0 Å². The highest BCUT2D eigenvalue weighted by Gasteiger charge is 2.27. The van der Waals surface area contributed by atoms with Gasteiger partial charge < -0.3 is 5.73 Å². The summed E-state index contributed by atoms with van der Waals surface area (Å²) in [7, 11) is 0. The van der Waals surface area contributed by atoms with Crippen molar-refractivity contribution in [2.45, 2.75) is 6.92 Å². The van der Waals surface area contributed by atoms with Crippen LogP contribution in [0.3, 0.4) is 0 Å². The Morgan fingerprint density at radius 3 is 2.43 bits per heavy atom. The van der Waals surface area contributed by atoms with E-state index in [1.807, 2.05) is 0 Å². The zero-order chi connectivity index (χ0) is 10.7. The van der Waals surface area contributed by atoms with E-state index in [1.165, 1.54) is 0 Å². The number of primary amides is 1. The van der Waals surface area contributed by atoms with Gasteiger partial charge in [-0.1, -0.05) is 6.92 Å². The van der Waals surface area contributed by atoms with Gasteiger partial charge in [0.25, 0.3) is 0 Å². The first-order valence-corrected chi connectivity index (χ1v) is 4.35. The van der Waals surface area contributed by atoms with Crippen molar-refractivity contribution in [3.8, 4) is 0 Å². The summed E-state index contributed by atoms with van der Waals surface area (Å²) in [6.07, 6.45) is 0. The largest absolute Gasteiger partial charge is 0.369 e. The number of imide groups is 1. The molecule has 0 aromatic rings. The SMILES string of the molecule is CC(CN1C(=O)CNCC1=O)C(N)=O. The van der Waals surface area contributed by atoms with E-state index in [0.717, 1.165) is 4.90 Å². The molecule has 0 aromatic carbocycles. The van der Waals surface area contributed by atoms with Gasteiger partial charge in [0.1, 0.15) is 0 Å². The molecule has 1 aliphatic rings. The maximum atomic E-state index is 11.3. The van der Waals surface area contributed by atoms with Gasteiger partial charge in [-0.15, -0.1) is 0 Å². The van der Waals surface area contributed by atoms with Gasteiger partial charge in [-0.25, -0.2) is 0 Å². The molecule has 0 saturated carbocycles. The van der Waals surface area contributed by atoms with Crippen molar-refractivity contribution >= 4 is 17.7 Å². The lowest BCUT2D eigenvalue weighted by Gasteiger charge is -2.26. The molecular weight excluding hydrogens is 186 g/mol. The van der Waals surface area contributed by atoms with Crippen LogP contribution in [0.2, 0.25) is 0 Å². The minimum atomic E-state index is -0.510. The van der Waals surface area contributed by atoms with Gasteiger partial charge in [0.15, 0.2) is 0 Å². The van der Waals surface area contributed by atoms with Crippen molar-refractivity contribution < 1.29 is 14.4 Å². The molecule has 6 nitrogen and oxygen atoms in total. The van der Waals surface area contributed by atoms with Crippen LogP contribution in [-0.2, 0) is 14.4 Å². The third-order valence-electron chi connectivity index (χ3n) is 2.10. The lowest BCUT2D eigenvalue weighted by atomic mass is 10.1. The number of piperazine rings is 1. The molecule has 0 aliphatic carbocycles. The summed E-state index contributed by atoms with van der Waals surface area (Å²) in [6.45, 7) is 1.94. The fraction of sp³-hybridized carbons (Fsp3) is 0.625. The Labute approximate surface area is 81.4 Å². The van der Waals surface area contributed by atoms with Gasteiger partial charge in [-0.05, 0) is 0 Å². The van der Waals surface area contributed by atoms with Crippen LogP contribution >= 0.6 is 0 Å². The van der Waals surface area contributed by atoms with Crippen LogP contribution < -0.4 is 11.1 Å². The number of carbonyl (C=O) groups excluding carboxylic acids is 3. The topological polar surface area (TPSA) is 92.5 Å². The monoisotopic (exact) mass is 199 g/mol. The third-order valence-corrected chi connectivity index (χ3v) is 2.10. The summed E-state index contributed by atoms with van der Waals surface area (Å²) < 4.78 is 0. The maximum absolute atomic E-state index is 11.3. The second kappa shape index (κ2) is 4.19. The Kier molecular flexibility index (Phi) is 3.19. The van der Waals surface area contributed by atoms with Crippen LogP contribution in [0.1, 0.15) is 6.92 Å². The van der Waals surface area contributed by atoms with Gasteiger partial charge in [-0.2, -0.15) is 0 Å². The number of amides is 3. The number of nitrogens with zero attached hydrogens (tertiary/aromatic N) is 1.